The number of unbranched alkanes of at least 4 members (excludes halogenated alkanes) is 6. The Morgan fingerprint density at radius 1 is 0.500 bits per heavy atom. The smallest absolute Gasteiger partial charge is 0.337 e. The summed E-state index contributed by atoms with van der Waals surface area (Å²) in [6, 6.07) is 0. The molecule has 2 nitrogen and oxygen atoms in total. The first-order valence-corrected chi connectivity index (χ1v) is 12.1. The number of amides is 1. The van der Waals surface area contributed by atoms with E-state index in [0.29, 0.717) is 25.7 Å². The van der Waals surface area contributed by atoms with Crippen LogP contribution in [-0.2, 0) is 4.79 Å². The van der Waals surface area contributed by atoms with Crippen LogP contribution < -0.4 is 0 Å². The Hall–Kier alpha value is -1.36. The number of carbonyl (C=O) groups excluding carboxylic acids is 1. The van der Waals surface area contributed by atoms with E-state index < -0.39 is 65.8 Å². The van der Waals surface area contributed by atoms with Crippen LogP contribution >= 0.6 is 11.6 Å². The van der Waals surface area contributed by atoms with E-state index in [2.05, 4.69) is 11.6 Å². The molecule has 1 amide bonds. The monoisotopic (exact) mass is 647 g/mol. The summed E-state index contributed by atoms with van der Waals surface area (Å²) < 4.78 is 219. The molecule has 0 aromatic rings. The van der Waals surface area contributed by atoms with Gasteiger partial charge < -0.3 is 4.90 Å². The van der Waals surface area contributed by atoms with Gasteiger partial charge in [-0.15, -0.1) is 0 Å². The van der Waals surface area contributed by atoms with Crippen molar-refractivity contribution in [3.05, 3.63) is 0 Å². The molecule has 0 aliphatic heterocycles. The second-order valence-electron chi connectivity index (χ2n) is 8.93. The quantitative estimate of drug-likeness (QED) is 0.0825. The Morgan fingerprint density at radius 2 is 0.800 bits per heavy atom. The van der Waals surface area contributed by atoms with Crippen molar-refractivity contribution in [3.8, 4) is 0 Å². The van der Waals surface area contributed by atoms with Gasteiger partial charge in [0.2, 0.25) is 0 Å². The zero-order valence-corrected chi connectivity index (χ0v) is 21.6. The van der Waals surface area contributed by atoms with E-state index in [1.807, 2.05) is 0 Å². The molecular weight excluding hydrogens is 622 g/mol. The van der Waals surface area contributed by atoms with Gasteiger partial charge in [-0.3, -0.25) is 4.79 Å². The summed E-state index contributed by atoms with van der Waals surface area (Å²) in [5.41, 5.74) is 0. The largest absolute Gasteiger partial charge is 0.393 e. The van der Waals surface area contributed by atoms with Gasteiger partial charge >= 0.3 is 46.8 Å². The van der Waals surface area contributed by atoms with Crippen LogP contribution in [0.2, 0.25) is 0 Å². The molecule has 0 saturated carbocycles. The van der Waals surface area contributed by atoms with E-state index >= 15 is 0 Å². The maximum atomic E-state index is 14.5. The van der Waals surface area contributed by atoms with Gasteiger partial charge in [0.25, 0.3) is 5.91 Å². The Kier molecular flexibility index (Phi) is 12.4. The molecule has 19 heteroatoms. The summed E-state index contributed by atoms with van der Waals surface area (Å²) in [6.07, 6.45) is 1.91. The van der Waals surface area contributed by atoms with E-state index in [9.17, 15) is 75.0 Å². The molecule has 0 aromatic carbocycles. The zero-order valence-electron chi connectivity index (χ0n) is 20.9. The molecule has 0 rings (SSSR count). The Bertz CT molecular complexity index is 816. The van der Waals surface area contributed by atoms with Gasteiger partial charge in [0.05, 0.1) is 0 Å². The van der Waals surface area contributed by atoms with Gasteiger partial charge in [0.15, 0.2) is 0 Å². The third-order valence-electron chi connectivity index (χ3n) is 5.84. The molecular formula is C21H26ClF16NO. The first kappa shape index (κ1) is 38.6. The molecule has 0 unspecified atom stereocenters. The van der Waals surface area contributed by atoms with Gasteiger partial charge in [-0.2, -0.15) is 70.2 Å². The van der Waals surface area contributed by atoms with Crippen molar-refractivity contribution in [2.24, 2.45) is 0 Å². The fourth-order valence-corrected chi connectivity index (χ4v) is 3.39. The van der Waals surface area contributed by atoms with Crippen LogP contribution in [0.5, 0.6) is 0 Å². The van der Waals surface area contributed by atoms with Crippen molar-refractivity contribution >= 4 is 17.5 Å². The predicted octanol–water partition coefficient (Wildman–Crippen LogP) is 9.25. The highest BCUT2D eigenvalue weighted by atomic mass is 35.5. The normalized spacial score (nSPS) is 15.0. The molecule has 0 N–H and O–H groups in total. The lowest BCUT2D eigenvalue weighted by atomic mass is 9.88. The summed E-state index contributed by atoms with van der Waals surface area (Å²) in [6.45, 7) is 1.72. The molecule has 0 bridgehead atoms. The van der Waals surface area contributed by atoms with E-state index in [-0.39, 0.29) is 30.6 Å². The minimum atomic E-state index is -8.59. The van der Waals surface area contributed by atoms with Crippen molar-refractivity contribution in [2.75, 3.05) is 13.1 Å². The zero-order chi connectivity index (χ0) is 32.2. The molecule has 0 fully saturated rings. The van der Waals surface area contributed by atoms with E-state index in [0.717, 1.165) is 0 Å². The molecule has 0 heterocycles. The van der Waals surface area contributed by atoms with Gasteiger partial charge in [-0.1, -0.05) is 52.4 Å². The number of nitrogens with zero attached hydrogens (tertiary/aromatic N) is 1. The lowest BCUT2D eigenvalue weighted by Crippen LogP contribution is -2.75. The molecule has 0 spiro atoms. The maximum absolute atomic E-state index is 14.5. The molecule has 0 aliphatic carbocycles. The van der Waals surface area contributed by atoms with Crippen LogP contribution in [-0.4, -0.2) is 70.7 Å². The number of halogens is 17. The standard InChI is InChI=1S/C21H26ClF16NO/c1-3-5-7-9-11-39(12-10-8-6-4-2)13(40)14(23,24)15(25,26)16(27,28)17(29,30)18(31,32)19(33,34)20(35,36)21(22,37)38/h3-12H2,1-2H3. The summed E-state index contributed by atoms with van der Waals surface area (Å²) in [4.78, 5) is 12.1. The molecule has 0 radical (unpaired) electrons. The van der Waals surface area contributed by atoms with Gasteiger partial charge in [0, 0.05) is 13.1 Å². The highest BCUT2D eigenvalue weighted by Crippen LogP contribution is 2.64. The van der Waals surface area contributed by atoms with Gasteiger partial charge in [0.1, 0.15) is 0 Å². The fraction of sp³-hybridized carbons (Fsp3) is 0.952. The summed E-state index contributed by atoms with van der Waals surface area (Å²) in [7, 11) is 0. The van der Waals surface area contributed by atoms with Crippen LogP contribution in [0, 0.1) is 0 Å². The highest BCUT2D eigenvalue weighted by molar-refractivity contribution is 6.22. The number of alkyl halides is 17. The molecule has 240 valence electrons. The lowest BCUT2D eigenvalue weighted by molar-refractivity contribution is -0.446. The van der Waals surface area contributed by atoms with Crippen molar-refractivity contribution in [2.45, 2.75) is 112 Å². The van der Waals surface area contributed by atoms with Gasteiger partial charge in [-0.05, 0) is 24.4 Å². The Morgan fingerprint density at radius 3 is 1.10 bits per heavy atom. The van der Waals surface area contributed by atoms with Crippen molar-refractivity contribution in [3.63, 3.8) is 0 Å². The topological polar surface area (TPSA) is 20.3 Å². The van der Waals surface area contributed by atoms with Gasteiger partial charge in [-0.25, -0.2) is 0 Å². The lowest BCUT2D eigenvalue weighted by Gasteiger charge is -2.43. The van der Waals surface area contributed by atoms with Crippen LogP contribution in [0.1, 0.15) is 65.2 Å². The van der Waals surface area contributed by atoms with E-state index in [1.54, 1.807) is 13.8 Å². The number of hydrogen-bond acceptors (Lipinski definition) is 1. The van der Waals surface area contributed by atoms with Crippen LogP contribution in [0.15, 0.2) is 0 Å². The fourth-order valence-electron chi connectivity index (χ4n) is 3.27. The van der Waals surface area contributed by atoms with Crippen molar-refractivity contribution < 1.29 is 75.0 Å². The summed E-state index contributed by atoms with van der Waals surface area (Å²) >= 11 is 3.49. The van der Waals surface area contributed by atoms with Crippen LogP contribution in [0.25, 0.3) is 0 Å². The number of carbonyl (C=O) groups is 1. The maximum Gasteiger partial charge on any atom is 0.393 e. The third-order valence-corrected chi connectivity index (χ3v) is 6.08. The summed E-state index contributed by atoms with van der Waals surface area (Å²) in [5, 5.41) is -6.84. The first-order valence-electron chi connectivity index (χ1n) is 11.7. The molecule has 40 heavy (non-hydrogen) atoms. The van der Waals surface area contributed by atoms with Crippen LogP contribution in [0.3, 0.4) is 0 Å². The molecule has 0 atom stereocenters. The summed E-state index contributed by atoms with van der Waals surface area (Å²) in [5.74, 6) is -59.9. The average Bonchev–Trinajstić information content (AvgIpc) is 2.81. The van der Waals surface area contributed by atoms with Crippen LogP contribution in [0.4, 0.5) is 70.2 Å². The number of hydrogen-bond donors (Lipinski definition) is 0. The average molecular weight is 648 g/mol. The van der Waals surface area contributed by atoms with Crippen molar-refractivity contribution in [1.29, 1.82) is 0 Å². The second-order valence-corrected chi connectivity index (χ2v) is 9.41. The number of rotatable bonds is 18. The molecule has 0 aliphatic rings. The SMILES string of the molecule is CCCCCCN(CCCCCC)C(=O)C(F)(F)C(F)(F)C(F)(F)C(F)(F)C(F)(F)C(F)(F)C(F)(F)C(F)(F)Cl. The molecule has 0 aromatic heterocycles. The van der Waals surface area contributed by atoms with Crippen molar-refractivity contribution in [1.82, 2.24) is 4.90 Å². The second kappa shape index (κ2) is 12.9. The minimum Gasteiger partial charge on any atom is -0.337 e. The molecule has 0 saturated heterocycles. The van der Waals surface area contributed by atoms with E-state index in [4.69, 9.17) is 0 Å². The third kappa shape index (κ3) is 6.65. The Balaban J connectivity index is 6.59. The Labute approximate surface area is 223 Å². The first-order chi connectivity index (χ1) is 17.7. The predicted molar refractivity (Wildman–Crippen MR) is 110 cm³/mol. The highest BCUT2D eigenvalue weighted by Gasteiger charge is 2.95. The van der Waals surface area contributed by atoms with E-state index in [1.165, 1.54) is 0 Å². The minimum absolute atomic E-state index is 0.137.